The lowest BCUT2D eigenvalue weighted by Gasteiger charge is -2.38. The van der Waals surface area contributed by atoms with Crippen LogP contribution < -0.4 is 10.1 Å². The second-order valence-electron chi connectivity index (χ2n) is 8.76. The van der Waals surface area contributed by atoms with E-state index in [-0.39, 0.29) is 17.7 Å². The molecule has 1 atom stereocenters. The fourth-order valence-corrected chi connectivity index (χ4v) is 6.21. The monoisotopic (exact) mass is 458 g/mol. The number of nitriles is 1. The molecule has 1 fully saturated rings. The molecular weight excluding hydrogens is 436 g/mol. The minimum Gasteiger partial charge on any atom is -0.495 e. The Hall–Kier alpha value is -3.51. The number of aromatic nitrogens is 2. The fourth-order valence-electron chi connectivity index (χ4n) is 4.95. The summed E-state index contributed by atoms with van der Waals surface area (Å²) in [6, 6.07) is 6.31. The minimum atomic E-state index is -0.0225. The van der Waals surface area contributed by atoms with Gasteiger partial charge in [0.2, 0.25) is 5.91 Å². The lowest BCUT2D eigenvalue weighted by atomic mass is 9.85. The molecule has 0 saturated carbocycles. The first-order valence-corrected chi connectivity index (χ1v) is 11.9. The van der Waals surface area contributed by atoms with Crippen LogP contribution in [0.3, 0.4) is 0 Å². The zero-order valence-corrected chi connectivity index (χ0v) is 19.0. The van der Waals surface area contributed by atoms with Crippen molar-refractivity contribution in [2.24, 2.45) is 16.8 Å². The average Bonchev–Trinajstić information content (AvgIpc) is 3.41. The Morgan fingerprint density at radius 1 is 1.33 bits per heavy atom. The maximum absolute atomic E-state index is 12.9. The summed E-state index contributed by atoms with van der Waals surface area (Å²) in [5, 5.41) is 13.5. The quantitative estimate of drug-likeness (QED) is 0.642. The van der Waals surface area contributed by atoms with Gasteiger partial charge < -0.3 is 15.0 Å². The molecule has 8 nitrogen and oxygen atoms in total. The fraction of sp³-hybridized carbons (Fsp3) is 0.375. The average molecular weight is 459 g/mol. The lowest BCUT2D eigenvalue weighted by Crippen LogP contribution is -2.52. The SMILES string of the molecule is COc1cc2c(cc1Nc1ncnc3sc4c(c13)CC[C@H](C(=O)N1CC(C#N)C1)C4)C=NC2. The first-order chi connectivity index (χ1) is 16.1. The van der Waals surface area contributed by atoms with E-state index < -0.39 is 0 Å². The molecule has 0 unspecified atom stereocenters. The van der Waals surface area contributed by atoms with Crippen LogP contribution in [0.15, 0.2) is 23.5 Å². The summed E-state index contributed by atoms with van der Waals surface area (Å²) in [6.07, 6.45) is 5.81. The zero-order chi connectivity index (χ0) is 22.5. The van der Waals surface area contributed by atoms with Crippen LogP contribution in [0, 0.1) is 23.2 Å². The zero-order valence-electron chi connectivity index (χ0n) is 18.2. The van der Waals surface area contributed by atoms with Gasteiger partial charge in [-0.25, -0.2) is 9.97 Å². The van der Waals surface area contributed by atoms with E-state index in [0.717, 1.165) is 57.9 Å². The summed E-state index contributed by atoms with van der Waals surface area (Å²) >= 11 is 1.65. The normalized spacial score (nSPS) is 19.0. The van der Waals surface area contributed by atoms with Gasteiger partial charge in [-0.05, 0) is 48.1 Å². The number of benzene rings is 1. The number of thiophene rings is 1. The van der Waals surface area contributed by atoms with E-state index in [0.29, 0.717) is 19.6 Å². The molecular formula is C24H22N6O2S. The summed E-state index contributed by atoms with van der Waals surface area (Å²) in [6.45, 7) is 1.81. The van der Waals surface area contributed by atoms with Crippen molar-refractivity contribution in [2.75, 3.05) is 25.5 Å². The number of hydrogen-bond donors (Lipinski definition) is 1. The van der Waals surface area contributed by atoms with Crippen LogP contribution >= 0.6 is 11.3 Å². The molecule has 0 spiro atoms. The molecule has 166 valence electrons. The number of amides is 1. The highest BCUT2D eigenvalue weighted by atomic mass is 32.1. The Labute approximate surface area is 194 Å². The van der Waals surface area contributed by atoms with E-state index in [1.54, 1.807) is 24.8 Å². The van der Waals surface area contributed by atoms with Crippen molar-refractivity contribution >= 4 is 45.2 Å². The molecule has 3 aliphatic rings. The molecule has 1 saturated heterocycles. The largest absolute Gasteiger partial charge is 0.495 e. The number of anilines is 2. The van der Waals surface area contributed by atoms with Gasteiger partial charge >= 0.3 is 0 Å². The third-order valence-corrected chi connectivity index (χ3v) is 7.94. The highest BCUT2D eigenvalue weighted by molar-refractivity contribution is 7.19. The van der Waals surface area contributed by atoms with E-state index in [2.05, 4.69) is 26.3 Å². The number of hydrogen-bond acceptors (Lipinski definition) is 8. The molecule has 3 aromatic rings. The minimum absolute atomic E-state index is 0.0104. The van der Waals surface area contributed by atoms with Crippen LogP contribution in [0.1, 0.15) is 28.0 Å². The van der Waals surface area contributed by atoms with Gasteiger partial charge in [-0.2, -0.15) is 5.26 Å². The maximum Gasteiger partial charge on any atom is 0.226 e. The lowest BCUT2D eigenvalue weighted by molar-refractivity contribution is -0.141. The molecule has 1 aliphatic carbocycles. The highest BCUT2D eigenvalue weighted by Gasteiger charge is 2.37. The van der Waals surface area contributed by atoms with Crippen LogP contribution in [-0.4, -0.2) is 47.2 Å². The predicted molar refractivity (Wildman–Crippen MR) is 126 cm³/mol. The Bertz CT molecular complexity index is 1350. The summed E-state index contributed by atoms with van der Waals surface area (Å²) in [5.74, 6) is 1.66. The number of ether oxygens (including phenoxy) is 1. The van der Waals surface area contributed by atoms with Crippen LogP contribution in [0.25, 0.3) is 10.2 Å². The Kier molecular flexibility index (Phi) is 4.76. The number of nitrogens with one attached hydrogen (secondary N) is 1. The number of rotatable bonds is 4. The molecule has 0 bridgehead atoms. The molecule has 33 heavy (non-hydrogen) atoms. The number of likely N-dealkylation sites (tertiary alicyclic amines) is 1. The van der Waals surface area contributed by atoms with Crippen molar-refractivity contribution in [2.45, 2.75) is 25.8 Å². The third kappa shape index (κ3) is 3.33. The van der Waals surface area contributed by atoms with E-state index in [1.165, 1.54) is 10.4 Å². The number of carbonyl (C=O) groups excluding carboxylic acids is 1. The number of aliphatic imine (C=N–C) groups is 1. The molecule has 2 aliphatic heterocycles. The molecule has 2 aromatic heterocycles. The van der Waals surface area contributed by atoms with E-state index in [4.69, 9.17) is 10.00 Å². The Morgan fingerprint density at radius 2 is 2.21 bits per heavy atom. The molecule has 9 heteroatoms. The van der Waals surface area contributed by atoms with Crippen molar-refractivity contribution in [3.63, 3.8) is 0 Å². The van der Waals surface area contributed by atoms with Gasteiger partial charge in [-0.1, -0.05) is 0 Å². The predicted octanol–water partition coefficient (Wildman–Crippen LogP) is 3.46. The van der Waals surface area contributed by atoms with E-state index in [1.807, 2.05) is 23.2 Å². The van der Waals surface area contributed by atoms with Gasteiger partial charge in [0.15, 0.2) is 0 Å². The highest BCUT2D eigenvalue weighted by Crippen LogP contribution is 2.42. The number of aryl methyl sites for hydroxylation is 1. The van der Waals surface area contributed by atoms with Crippen LogP contribution in [0.5, 0.6) is 5.75 Å². The smallest absolute Gasteiger partial charge is 0.226 e. The summed E-state index contributed by atoms with van der Waals surface area (Å²) in [4.78, 5) is 30.3. The second kappa shape index (κ2) is 7.81. The van der Waals surface area contributed by atoms with Gasteiger partial charge in [-0.15, -0.1) is 11.3 Å². The van der Waals surface area contributed by atoms with E-state index >= 15 is 0 Å². The number of carbonyl (C=O) groups is 1. The standard InChI is InChI=1S/C24H22N6O2S/c1-32-19-5-16-9-26-8-15(16)4-18(19)29-22-21-17-3-2-14(24(31)30-10-13(7-25)11-30)6-20(17)33-23(21)28-12-27-22/h4-5,8,12-14H,2-3,6,9-11H2,1H3,(H,27,28,29)/t14-/m0/s1. The second-order valence-corrected chi connectivity index (χ2v) is 9.84. The van der Waals surface area contributed by atoms with Crippen LogP contribution in [0.4, 0.5) is 11.5 Å². The van der Waals surface area contributed by atoms with Crippen molar-refractivity contribution in [1.29, 1.82) is 5.26 Å². The van der Waals surface area contributed by atoms with Gasteiger partial charge in [0, 0.05) is 30.1 Å². The summed E-state index contributed by atoms with van der Waals surface area (Å²) in [7, 11) is 1.67. The molecule has 1 aromatic carbocycles. The third-order valence-electron chi connectivity index (χ3n) is 6.78. The van der Waals surface area contributed by atoms with Crippen molar-refractivity contribution in [3.05, 3.63) is 40.0 Å². The number of methoxy groups -OCH3 is 1. The molecule has 6 rings (SSSR count). The van der Waals surface area contributed by atoms with Crippen molar-refractivity contribution < 1.29 is 9.53 Å². The Morgan fingerprint density at radius 3 is 3.03 bits per heavy atom. The van der Waals surface area contributed by atoms with Crippen LogP contribution in [0.2, 0.25) is 0 Å². The first-order valence-electron chi connectivity index (χ1n) is 11.1. The Balaban J connectivity index is 1.30. The van der Waals surface area contributed by atoms with Crippen molar-refractivity contribution in [3.8, 4) is 11.8 Å². The van der Waals surface area contributed by atoms with Gasteiger partial charge in [0.25, 0.3) is 0 Å². The van der Waals surface area contributed by atoms with Gasteiger partial charge in [0.1, 0.15) is 22.7 Å². The number of nitrogens with zero attached hydrogens (tertiary/aromatic N) is 5. The summed E-state index contributed by atoms with van der Waals surface area (Å²) < 4.78 is 5.62. The van der Waals surface area contributed by atoms with Gasteiger partial charge in [-0.3, -0.25) is 9.79 Å². The van der Waals surface area contributed by atoms with E-state index in [9.17, 15) is 4.79 Å². The summed E-state index contributed by atoms with van der Waals surface area (Å²) in [5.41, 5.74) is 4.32. The topological polar surface area (TPSA) is 103 Å². The van der Waals surface area contributed by atoms with Gasteiger partial charge in [0.05, 0.1) is 36.7 Å². The first kappa shape index (κ1) is 20.1. The van der Waals surface area contributed by atoms with Crippen molar-refractivity contribution in [1.82, 2.24) is 14.9 Å². The molecule has 4 heterocycles. The molecule has 0 radical (unpaired) electrons. The van der Waals surface area contributed by atoms with Crippen LogP contribution in [-0.2, 0) is 24.2 Å². The maximum atomic E-state index is 12.9. The number of fused-ring (bicyclic) bond motifs is 4. The molecule has 1 N–H and O–H groups in total. The molecule has 1 amide bonds.